The Bertz CT molecular complexity index is 1920. The van der Waals surface area contributed by atoms with Gasteiger partial charge in [-0.15, -0.1) is 0 Å². The van der Waals surface area contributed by atoms with Crippen LogP contribution in [0, 0.1) is 0 Å². The van der Waals surface area contributed by atoms with E-state index in [0.717, 1.165) is 67.0 Å². The fourth-order valence-corrected chi connectivity index (χ4v) is 8.23. The molecule has 4 aromatic carbocycles. The molecule has 0 unspecified atom stereocenters. The van der Waals surface area contributed by atoms with Gasteiger partial charge in [0.05, 0.1) is 28.4 Å². The summed E-state index contributed by atoms with van der Waals surface area (Å²) in [4.78, 5) is 4.87. The minimum absolute atomic E-state index is 0.0230. The maximum Gasteiger partial charge on any atom is 0.204 e. The number of nitrogens with one attached hydrogen (secondary N) is 1. The molecule has 0 amide bonds. The molecule has 2 atom stereocenters. The molecule has 9 heteroatoms. The van der Waals surface area contributed by atoms with E-state index in [4.69, 9.17) is 28.4 Å². The summed E-state index contributed by atoms with van der Waals surface area (Å²) in [7, 11) is 11.3. The summed E-state index contributed by atoms with van der Waals surface area (Å²) >= 11 is 0. The Balaban J connectivity index is 1.37. The molecule has 4 aliphatic heterocycles. The van der Waals surface area contributed by atoms with Gasteiger partial charge in [0.15, 0.2) is 34.5 Å². The van der Waals surface area contributed by atoms with Crippen molar-refractivity contribution in [2.75, 3.05) is 55.6 Å². The molecule has 0 spiro atoms. The van der Waals surface area contributed by atoms with Crippen molar-refractivity contribution < 1.29 is 28.4 Å². The lowest BCUT2D eigenvalue weighted by atomic mass is 9.84. The molecule has 1 fully saturated rings. The number of likely N-dealkylation sites (N-methyl/N-ethyl adjacent to an activating group) is 2. The summed E-state index contributed by atoms with van der Waals surface area (Å²) in [6, 6.07) is 19.8. The van der Waals surface area contributed by atoms with E-state index in [-0.39, 0.29) is 12.1 Å². The zero-order valence-corrected chi connectivity index (χ0v) is 30.6. The van der Waals surface area contributed by atoms with Gasteiger partial charge in [-0.2, -0.15) is 0 Å². The molecule has 0 saturated heterocycles. The molecule has 51 heavy (non-hydrogen) atoms. The van der Waals surface area contributed by atoms with E-state index in [1.54, 1.807) is 28.4 Å². The second-order valence-corrected chi connectivity index (χ2v) is 14.4. The zero-order chi connectivity index (χ0) is 35.2. The van der Waals surface area contributed by atoms with Crippen LogP contribution in [-0.4, -0.2) is 71.5 Å². The van der Waals surface area contributed by atoms with E-state index in [9.17, 15) is 0 Å². The third-order valence-electron chi connectivity index (χ3n) is 11.3. The predicted octanol–water partition coefficient (Wildman–Crippen LogP) is 7.41. The molecule has 6 bridgehead atoms. The van der Waals surface area contributed by atoms with Crippen LogP contribution >= 0.6 is 0 Å². The zero-order valence-electron chi connectivity index (χ0n) is 30.6. The molecule has 1 aliphatic carbocycles. The van der Waals surface area contributed by atoms with Crippen molar-refractivity contribution >= 4 is 0 Å². The topological polar surface area (TPSA) is 73.9 Å². The first-order valence-electron chi connectivity index (χ1n) is 18.1. The fraction of sp³-hybridized carbons (Fsp3) is 0.429. The average molecular weight is 692 g/mol. The molecule has 4 aromatic rings. The largest absolute Gasteiger partial charge is 0.493 e. The van der Waals surface area contributed by atoms with Crippen LogP contribution in [-0.2, 0) is 32.2 Å². The van der Waals surface area contributed by atoms with E-state index in [1.807, 2.05) is 6.07 Å². The van der Waals surface area contributed by atoms with Crippen molar-refractivity contribution in [1.29, 1.82) is 0 Å². The van der Waals surface area contributed by atoms with Gasteiger partial charge in [-0.05, 0) is 117 Å². The van der Waals surface area contributed by atoms with Crippen molar-refractivity contribution in [2.24, 2.45) is 0 Å². The molecule has 5 aliphatic rings. The lowest BCUT2D eigenvalue weighted by Crippen LogP contribution is -2.35. The Morgan fingerprint density at radius 2 is 1.39 bits per heavy atom. The standard InChI is InChI=1S/C42H49N3O6/c1-44-17-15-27-22-36(47-4)38-23-31(27)33(44)19-25-7-12-29(13-8-25)50-37-21-26(9-14-35(37)46-3)20-34-39-30(16-18-45(34)2)32(24-43-28-10-11-28)40(48-5)42(49-6)41(39)51-38/h7-9,12-14,21-23,28,33-34,43H,10-11,15-20,24H2,1-6H3/t33-,34-/m0/s1. The fourth-order valence-electron chi connectivity index (χ4n) is 8.23. The molecule has 0 radical (unpaired) electrons. The number of hydrogen-bond acceptors (Lipinski definition) is 9. The first-order valence-corrected chi connectivity index (χ1v) is 18.1. The quantitative estimate of drug-likeness (QED) is 0.213. The Labute approximate surface area is 301 Å². The second kappa shape index (κ2) is 13.9. The van der Waals surface area contributed by atoms with Gasteiger partial charge in [-0.3, -0.25) is 9.80 Å². The maximum absolute atomic E-state index is 7.20. The van der Waals surface area contributed by atoms with Crippen LogP contribution in [0.1, 0.15) is 63.9 Å². The summed E-state index contributed by atoms with van der Waals surface area (Å²) in [5.74, 6) is 5.55. The molecular weight excluding hydrogens is 642 g/mol. The Morgan fingerprint density at radius 1 is 0.706 bits per heavy atom. The predicted molar refractivity (Wildman–Crippen MR) is 198 cm³/mol. The molecule has 9 rings (SSSR count). The minimum atomic E-state index is -0.0230. The van der Waals surface area contributed by atoms with Crippen molar-refractivity contribution in [2.45, 2.75) is 63.2 Å². The summed E-state index contributed by atoms with van der Waals surface area (Å²) in [6.07, 6.45) is 5.77. The molecular formula is C42H49N3O6. The first kappa shape index (κ1) is 33.7. The monoisotopic (exact) mass is 691 g/mol. The van der Waals surface area contributed by atoms with Gasteiger partial charge in [-0.25, -0.2) is 0 Å². The van der Waals surface area contributed by atoms with E-state index in [2.05, 4.69) is 77.7 Å². The first-order chi connectivity index (χ1) is 24.9. The molecule has 1 N–H and O–H groups in total. The normalized spacial score (nSPS) is 20.0. The van der Waals surface area contributed by atoms with Gasteiger partial charge in [0.2, 0.25) is 5.75 Å². The highest BCUT2D eigenvalue weighted by Crippen LogP contribution is 2.54. The van der Waals surface area contributed by atoms with Gasteiger partial charge in [0.25, 0.3) is 0 Å². The van der Waals surface area contributed by atoms with E-state index >= 15 is 0 Å². The number of ether oxygens (including phenoxy) is 6. The van der Waals surface area contributed by atoms with Crippen molar-refractivity contribution in [3.63, 3.8) is 0 Å². The van der Waals surface area contributed by atoms with Crippen LogP contribution in [0.15, 0.2) is 54.6 Å². The number of rotatable bonds is 7. The van der Waals surface area contributed by atoms with E-state index in [1.165, 1.54) is 35.1 Å². The van der Waals surface area contributed by atoms with Crippen LogP contribution in [0.25, 0.3) is 0 Å². The summed E-state index contributed by atoms with van der Waals surface area (Å²) in [5.41, 5.74) is 8.42. The van der Waals surface area contributed by atoms with Gasteiger partial charge in [0.1, 0.15) is 5.75 Å². The lowest BCUT2D eigenvalue weighted by Gasteiger charge is -2.38. The second-order valence-electron chi connectivity index (χ2n) is 14.4. The Hall–Kier alpha value is -4.44. The summed E-state index contributed by atoms with van der Waals surface area (Å²) in [5, 5.41) is 3.76. The lowest BCUT2D eigenvalue weighted by molar-refractivity contribution is 0.219. The van der Waals surface area contributed by atoms with Gasteiger partial charge < -0.3 is 33.7 Å². The molecule has 1 saturated carbocycles. The number of methoxy groups -OCH3 is 4. The summed E-state index contributed by atoms with van der Waals surface area (Å²) in [6.45, 7) is 2.56. The van der Waals surface area contributed by atoms with Crippen molar-refractivity contribution in [3.8, 4) is 46.0 Å². The van der Waals surface area contributed by atoms with Gasteiger partial charge >= 0.3 is 0 Å². The van der Waals surface area contributed by atoms with Gasteiger partial charge in [0, 0.05) is 48.9 Å². The summed E-state index contributed by atoms with van der Waals surface area (Å²) < 4.78 is 38.1. The van der Waals surface area contributed by atoms with Crippen LogP contribution in [0.3, 0.4) is 0 Å². The average Bonchev–Trinajstić information content (AvgIpc) is 3.98. The highest BCUT2D eigenvalue weighted by atomic mass is 16.5. The molecule has 268 valence electrons. The highest BCUT2D eigenvalue weighted by molar-refractivity contribution is 5.67. The minimum Gasteiger partial charge on any atom is -0.493 e. The van der Waals surface area contributed by atoms with Crippen molar-refractivity contribution in [3.05, 3.63) is 93.5 Å². The molecule has 4 heterocycles. The maximum atomic E-state index is 7.20. The van der Waals surface area contributed by atoms with E-state index < -0.39 is 0 Å². The number of nitrogens with zero attached hydrogens (tertiary/aromatic N) is 2. The number of fused-ring (bicyclic) bond motifs is 2. The molecule has 9 nitrogen and oxygen atoms in total. The van der Waals surface area contributed by atoms with Crippen LogP contribution in [0.4, 0.5) is 0 Å². The van der Waals surface area contributed by atoms with Crippen molar-refractivity contribution in [1.82, 2.24) is 15.1 Å². The Kier molecular flexibility index (Phi) is 9.21. The Morgan fingerprint density at radius 3 is 2.12 bits per heavy atom. The SMILES string of the molecule is COc1ccc2cc1Oc1ccc(cc1)C[C@H]1c3cc(c(OC)cc3CCN1C)Oc1c(OC)c(OC)c(CNC3CC3)c3c1[C@H](C2)N(C)CC3. The highest BCUT2D eigenvalue weighted by Gasteiger charge is 2.37. The third kappa shape index (κ3) is 6.36. The number of hydrogen-bond donors (Lipinski definition) is 1. The smallest absolute Gasteiger partial charge is 0.204 e. The third-order valence-corrected chi connectivity index (χ3v) is 11.3. The van der Waals surface area contributed by atoms with Crippen LogP contribution in [0.2, 0.25) is 0 Å². The van der Waals surface area contributed by atoms with Crippen LogP contribution in [0.5, 0.6) is 46.0 Å². The van der Waals surface area contributed by atoms with Crippen LogP contribution < -0.4 is 33.7 Å². The van der Waals surface area contributed by atoms with E-state index in [0.29, 0.717) is 47.1 Å². The number of benzene rings is 4. The molecule has 0 aromatic heterocycles. The van der Waals surface area contributed by atoms with Gasteiger partial charge in [-0.1, -0.05) is 18.2 Å².